The van der Waals surface area contributed by atoms with Crippen LogP contribution in [0.1, 0.15) is 32.8 Å². The molecule has 0 spiro atoms. The van der Waals surface area contributed by atoms with Crippen molar-refractivity contribution >= 4 is 39.9 Å². The van der Waals surface area contributed by atoms with Gasteiger partial charge in [0.1, 0.15) is 0 Å². The summed E-state index contributed by atoms with van der Waals surface area (Å²) >= 11 is 1.24. The Labute approximate surface area is 167 Å². The molecule has 1 aliphatic rings. The Bertz CT molecular complexity index is 909. The summed E-state index contributed by atoms with van der Waals surface area (Å²) < 4.78 is 4.67. The second-order valence-electron chi connectivity index (χ2n) is 6.61. The van der Waals surface area contributed by atoms with Crippen LogP contribution >= 0.6 is 11.3 Å². The highest BCUT2D eigenvalue weighted by atomic mass is 32.1. The first-order valence-corrected chi connectivity index (χ1v) is 10.2. The highest BCUT2D eigenvalue weighted by Crippen LogP contribution is 2.34. The molecule has 1 atom stereocenters. The molecule has 0 aliphatic carbocycles. The second-order valence-corrected chi connectivity index (χ2v) is 7.46. The molecule has 1 unspecified atom stereocenters. The van der Waals surface area contributed by atoms with E-state index in [1.54, 1.807) is 6.92 Å². The van der Waals surface area contributed by atoms with E-state index >= 15 is 0 Å². The molecule has 0 fully saturated rings. The quantitative estimate of drug-likeness (QED) is 0.614. The third kappa shape index (κ3) is 4.06. The molecule has 1 aliphatic heterocycles. The van der Waals surface area contributed by atoms with Gasteiger partial charge in [0.15, 0.2) is 5.13 Å². The van der Waals surface area contributed by atoms with Gasteiger partial charge in [-0.1, -0.05) is 19.9 Å². The van der Waals surface area contributed by atoms with E-state index in [-0.39, 0.29) is 18.4 Å². The van der Waals surface area contributed by atoms with E-state index in [2.05, 4.69) is 15.0 Å². The van der Waals surface area contributed by atoms with Gasteiger partial charge >= 0.3 is 11.9 Å². The minimum absolute atomic E-state index is 0.00901. The SMILES string of the molecule is CCOC(=O)C(=O)Nc1nc(-c2ccc3c(c2)CCN3C(=O)C(C)CC)cs1. The number of rotatable bonds is 5. The van der Waals surface area contributed by atoms with Crippen molar-refractivity contribution < 1.29 is 19.1 Å². The van der Waals surface area contributed by atoms with E-state index in [0.717, 1.165) is 29.7 Å². The van der Waals surface area contributed by atoms with Gasteiger partial charge in [0.2, 0.25) is 5.91 Å². The number of fused-ring (bicyclic) bond motifs is 1. The zero-order valence-corrected chi connectivity index (χ0v) is 17.0. The number of aromatic nitrogens is 1. The van der Waals surface area contributed by atoms with Gasteiger partial charge in [-0.15, -0.1) is 11.3 Å². The summed E-state index contributed by atoms with van der Waals surface area (Å²) in [5, 5.41) is 4.61. The highest BCUT2D eigenvalue weighted by Gasteiger charge is 2.27. The molecular formula is C20H23N3O4S. The Morgan fingerprint density at radius 2 is 2.11 bits per heavy atom. The number of amides is 2. The topological polar surface area (TPSA) is 88.6 Å². The van der Waals surface area contributed by atoms with Crippen molar-refractivity contribution in [2.24, 2.45) is 5.92 Å². The largest absolute Gasteiger partial charge is 0.459 e. The zero-order chi connectivity index (χ0) is 20.3. The number of carbonyl (C=O) groups excluding carboxylic acids is 3. The minimum Gasteiger partial charge on any atom is -0.459 e. The first-order valence-electron chi connectivity index (χ1n) is 9.32. The number of nitrogens with one attached hydrogen (secondary N) is 1. The number of esters is 1. The third-order valence-electron chi connectivity index (χ3n) is 4.76. The number of carbonyl (C=O) groups is 3. The molecule has 0 saturated carbocycles. The van der Waals surface area contributed by atoms with Crippen LogP contribution in [-0.4, -0.2) is 35.9 Å². The Kier molecular flexibility index (Phi) is 6.08. The predicted octanol–water partition coefficient (Wildman–Crippen LogP) is 3.25. The van der Waals surface area contributed by atoms with Crippen LogP contribution in [0.3, 0.4) is 0 Å². The Morgan fingerprint density at radius 3 is 2.82 bits per heavy atom. The fraction of sp³-hybridized carbons (Fsp3) is 0.400. The van der Waals surface area contributed by atoms with Crippen LogP contribution in [0.5, 0.6) is 0 Å². The Hall–Kier alpha value is -2.74. The van der Waals surface area contributed by atoms with Gasteiger partial charge in [0.05, 0.1) is 12.3 Å². The Morgan fingerprint density at radius 1 is 1.32 bits per heavy atom. The maximum absolute atomic E-state index is 12.5. The van der Waals surface area contributed by atoms with Gasteiger partial charge in [-0.25, -0.2) is 9.78 Å². The van der Waals surface area contributed by atoms with Crippen molar-refractivity contribution in [2.75, 3.05) is 23.4 Å². The number of anilines is 2. The molecule has 2 heterocycles. The van der Waals surface area contributed by atoms with Crippen molar-refractivity contribution in [2.45, 2.75) is 33.6 Å². The molecule has 148 valence electrons. The van der Waals surface area contributed by atoms with Gasteiger partial charge in [-0.3, -0.25) is 14.9 Å². The number of hydrogen-bond acceptors (Lipinski definition) is 6. The van der Waals surface area contributed by atoms with Gasteiger partial charge < -0.3 is 9.64 Å². The van der Waals surface area contributed by atoms with E-state index in [4.69, 9.17) is 0 Å². The van der Waals surface area contributed by atoms with Crippen molar-refractivity contribution in [1.82, 2.24) is 4.98 Å². The summed E-state index contributed by atoms with van der Waals surface area (Å²) in [6.07, 6.45) is 1.63. The molecule has 1 aromatic heterocycles. The lowest BCUT2D eigenvalue weighted by molar-refractivity contribution is -0.152. The second kappa shape index (κ2) is 8.52. The van der Waals surface area contributed by atoms with Gasteiger partial charge in [0, 0.05) is 29.1 Å². The summed E-state index contributed by atoms with van der Waals surface area (Å²) in [5.41, 5.74) is 3.68. The fourth-order valence-electron chi connectivity index (χ4n) is 3.04. The minimum atomic E-state index is -0.928. The van der Waals surface area contributed by atoms with Crippen molar-refractivity contribution in [3.05, 3.63) is 29.1 Å². The number of thiazole rings is 1. The highest BCUT2D eigenvalue weighted by molar-refractivity contribution is 7.14. The lowest BCUT2D eigenvalue weighted by Gasteiger charge is -2.21. The van der Waals surface area contributed by atoms with Gasteiger partial charge in [0.25, 0.3) is 0 Å². The van der Waals surface area contributed by atoms with Crippen molar-refractivity contribution in [1.29, 1.82) is 0 Å². The maximum Gasteiger partial charge on any atom is 0.397 e. The zero-order valence-electron chi connectivity index (χ0n) is 16.2. The smallest absolute Gasteiger partial charge is 0.397 e. The maximum atomic E-state index is 12.5. The molecule has 0 bridgehead atoms. The molecule has 28 heavy (non-hydrogen) atoms. The summed E-state index contributed by atoms with van der Waals surface area (Å²) in [6.45, 7) is 6.44. The van der Waals surface area contributed by atoms with Crippen LogP contribution < -0.4 is 10.2 Å². The molecular weight excluding hydrogens is 378 g/mol. The molecule has 1 N–H and O–H groups in total. The lowest BCUT2D eigenvalue weighted by Crippen LogP contribution is -2.33. The van der Waals surface area contributed by atoms with E-state index < -0.39 is 11.9 Å². The Balaban J connectivity index is 1.75. The van der Waals surface area contributed by atoms with E-state index in [0.29, 0.717) is 17.4 Å². The molecule has 1 aromatic carbocycles. The van der Waals surface area contributed by atoms with E-state index in [9.17, 15) is 14.4 Å². The predicted molar refractivity (Wildman–Crippen MR) is 108 cm³/mol. The summed E-state index contributed by atoms with van der Waals surface area (Å²) in [5.74, 6) is -1.60. The molecule has 2 aromatic rings. The number of benzene rings is 1. The molecule has 8 heteroatoms. The van der Waals surface area contributed by atoms with Crippen molar-refractivity contribution in [3.63, 3.8) is 0 Å². The van der Waals surface area contributed by atoms with Gasteiger partial charge in [-0.05, 0) is 37.5 Å². The molecule has 7 nitrogen and oxygen atoms in total. The summed E-state index contributed by atoms with van der Waals surface area (Å²) in [4.78, 5) is 41.9. The normalized spacial score (nSPS) is 13.8. The first kappa shape index (κ1) is 20.0. The van der Waals surface area contributed by atoms with E-state index in [1.807, 2.05) is 42.3 Å². The van der Waals surface area contributed by atoms with Gasteiger partial charge in [-0.2, -0.15) is 0 Å². The van der Waals surface area contributed by atoms with Crippen LogP contribution in [-0.2, 0) is 25.5 Å². The average Bonchev–Trinajstić information content (AvgIpc) is 3.33. The van der Waals surface area contributed by atoms with E-state index in [1.165, 1.54) is 11.3 Å². The lowest BCUT2D eigenvalue weighted by atomic mass is 10.1. The third-order valence-corrected chi connectivity index (χ3v) is 5.51. The van der Waals surface area contributed by atoms with Crippen LogP contribution in [0.2, 0.25) is 0 Å². The molecule has 2 amide bonds. The number of hydrogen-bond donors (Lipinski definition) is 1. The van der Waals surface area contributed by atoms with Crippen molar-refractivity contribution in [3.8, 4) is 11.3 Å². The average molecular weight is 401 g/mol. The van der Waals surface area contributed by atoms with Crippen LogP contribution in [0.15, 0.2) is 23.6 Å². The number of nitrogens with zero attached hydrogens (tertiary/aromatic N) is 2. The summed E-state index contributed by atoms with van der Waals surface area (Å²) in [7, 11) is 0. The molecule has 3 rings (SSSR count). The fourth-order valence-corrected chi connectivity index (χ4v) is 3.75. The van der Waals surface area contributed by atoms with Crippen LogP contribution in [0.25, 0.3) is 11.3 Å². The molecule has 0 saturated heterocycles. The first-order chi connectivity index (χ1) is 13.4. The van der Waals surface area contributed by atoms with Crippen LogP contribution in [0.4, 0.5) is 10.8 Å². The standard InChI is InChI=1S/C20H23N3O4S/c1-4-12(3)18(25)23-9-8-14-10-13(6-7-16(14)23)15-11-28-20(21-15)22-17(24)19(26)27-5-2/h6-7,10-12H,4-5,8-9H2,1-3H3,(H,21,22,24). The molecule has 0 radical (unpaired) electrons. The van der Waals surface area contributed by atoms with Crippen LogP contribution in [0, 0.1) is 5.92 Å². The monoisotopic (exact) mass is 401 g/mol. The summed E-state index contributed by atoms with van der Waals surface area (Å²) in [6, 6.07) is 5.91. The number of ether oxygens (including phenoxy) is 1.